The van der Waals surface area contributed by atoms with Crippen LogP contribution in [0.4, 0.5) is 0 Å². The molecule has 0 radical (unpaired) electrons. The smallest absolute Gasteiger partial charge is 0.241 e. The van der Waals surface area contributed by atoms with Crippen LogP contribution in [-0.4, -0.2) is 20.5 Å². The number of nitrogens with two attached hydrogens (primary N) is 1. The van der Waals surface area contributed by atoms with Gasteiger partial charge >= 0.3 is 0 Å². The molecule has 1 aromatic rings. The Kier molecular flexibility index (Phi) is 6.29. The third kappa shape index (κ3) is 4.85. The molecule has 0 saturated heterocycles. The fourth-order valence-electron chi connectivity index (χ4n) is 1.32. The average Bonchev–Trinajstić information content (AvgIpc) is 2.14. The molecule has 0 heterocycles. The van der Waals surface area contributed by atoms with E-state index < -0.39 is 15.6 Å². The Morgan fingerprint density at radius 3 is 2.33 bits per heavy atom. The molecule has 0 fully saturated rings. The highest BCUT2D eigenvalue weighted by Gasteiger charge is 2.25. The quantitative estimate of drug-likeness (QED) is 0.867. The van der Waals surface area contributed by atoms with E-state index in [0.717, 1.165) is 10.0 Å². The minimum absolute atomic E-state index is 0. The summed E-state index contributed by atoms with van der Waals surface area (Å²) in [5, 5.41) is 0. The molecule has 3 N–H and O–H groups in total. The third-order valence-electron chi connectivity index (χ3n) is 2.25. The molecule has 1 aromatic carbocycles. The van der Waals surface area contributed by atoms with Gasteiger partial charge in [-0.2, -0.15) is 0 Å². The summed E-state index contributed by atoms with van der Waals surface area (Å²) in [5.74, 6) is 0. The fourth-order valence-corrected chi connectivity index (χ4v) is 3.63. The van der Waals surface area contributed by atoms with E-state index in [1.54, 1.807) is 26.0 Å². The van der Waals surface area contributed by atoms with E-state index in [-0.39, 0.29) is 23.8 Å². The lowest BCUT2D eigenvalue weighted by Gasteiger charge is -2.24. The van der Waals surface area contributed by atoms with Crippen LogP contribution in [0, 0.1) is 6.92 Å². The standard InChI is InChI=1S/C11H17BrN2O2S.ClH/c1-8-4-9(12)6-10(5-8)17(15,16)14-11(2,3)7-13;/h4-6,14H,7,13H2,1-3H3;1H. The second-order valence-electron chi connectivity index (χ2n) is 4.66. The first-order chi connectivity index (χ1) is 7.66. The summed E-state index contributed by atoms with van der Waals surface area (Å²) in [6.45, 7) is 5.57. The van der Waals surface area contributed by atoms with Gasteiger partial charge in [0.1, 0.15) is 0 Å². The maximum Gasteiger partial charge on any atom is 0.241 e. The fraction of sp³-hybridized carbons (Fsp3) is 0.455. The normalized spacial score (nSPS) is 12.1. The Hall–Kier alpha value is -0.140. The Labute approximate surface area is 123 Å². The molecular formula is C11H18BrClN2O2S. The molecule has 0 spiro atoms. The maximum absolute atomic E-state index is 12.1. The molecule has 18 heavy (non-hydrogen) atoms. The molecule has 0 amide bonds. The van der Waals surface area contributed by atoms with E-state index >= 15 is 0 Å². The zero-order valence-corrected chi connectivity index (χ0v) is 13.7. The zero-order valence-electron chi connectivity index (χ0n) is 10.5. The van der Waals surface area contributed by atoms with E-state index in [9.17, 15) is 8.42 Å². The van der Waals surface area contributed by atoms with E-state index in [4.69, 9.17) is 5.73 Å². The lowest BCUT2D eigenvalue weighted by molar-refractivity contribution is 0.462. The molecule has 7 heteroatoms. The van der Waals surface area contributed by atoms with Crippen LogP contribution >= 0.6 is 28.3 Å². The van der Waals surface area contributed by atoms with Gasteiger partial charge in [-0.1, -0.05) is 15.9 Å². The number of halogens is 2. The van der Waals surface area contributed by atoms with Gasteiger partial charge in [0, 0.05) is 16.6 Å². The first kappa shape index (κ1) is 17.9. The van der Waals surface area contributed by atoms with E-state index in [2.05, 4.69) is 20.7 Å². The van der Waals surface area contributed by atoms with Crippen molar-refractivity contribution >= 4 is 38.4 Å². The van der Waals surface area contributed by atoms with Crippen LogP contribution in [-0.2, 0) is 10.0 Å². The molecule has 0 unspecified atom stereocenters. The van der Waals surface area contributed by atoms with Gasteiger partial charge in [0.05, 0.1) is 4.90 Å². The van der Waals surface area contributed by atoms with Crippen LogP contribution in [0.3, 0.4) is 0 Å². The highest BCUT2D eigenvalue weighted by Crippen LogP contribution is 2.20. The van der Waals surface area contributed by atoms with E-state index in [0.29, 0.717) is 0 Å². The van der Waals surface area contributed by atoms with Crippen molar-refractivity contribution in [1.82, 2.24) is 4.72 Å². The monoisotopic (exact) mass is 356 g/mol. The predicted molar refractivity (Wildman–Crippen MR) is 79.6 cm³/mol. The van der Waals surface area contributed by atoms with Crippen molar-refractivity contribution in [2.24, 2.45) is 5.73 Å². The third-order valence-corrected chi connectivity index (χ3v) is 4.38. The van der Waals surface area contributed by atoms with Crippen molar-refractivity contribution in [3.05, 3.63) is 28.2 Å². The lowest BCUT2D eigenvalue weighted by atomic mass is 10.1. The number of rotatable bonds is 4. The van der Waals surface area contributed by atoms with Crippen LogP contribution in [0.5, 0.6) is 0 Å². The Balaban J connectivity index is 0.00000289. The number of benzene rings is 1. The van der Waals surface area contributed by atoms with E-state index in [1.165, 1.54) is 0 Å². The van der Waals surface area contributed by atoms with Gasteiger partial charge in [-0.05, 0) is 44.5 Å². The molecule has 1 rings (SSSR count). The van der Waals surface area contributed by atoms with Crippen molar-refractivity contribution in [2.75, 3.05) is 6.54 Å². The summed E-state index contributed by atoms with van der Waals surface area (Å²) in [6.07, 6.45) is 0. The summed E-state index contributed by atoms with van der Waals surface area (Å²) in [7, 11) is -3.54. The number of aryl methyl sites for hydroxylation is 1. The van der Waals surface area contributed by atoms with Crippen molar-refractivity contribution in [3.8, 4) is 0 Å². The van der Waals surface area contributed by atoms with Gasteiger partial charge in [-0.3, -0.25) is 0 Å². The van der Waals surface area contributed by atoms with E-state index in [1.807, 2.05) is 13.0 Å². The number of hydrogen-bond donors (Lipinski definition) is 2. The van der Waals surface area contributed by atoms with Gasteiger partial charge in [-0.25, -0.2) is 13.1 Å². The average molecular weight is 358 g/mol. The molecule has 104 valence electrons. The minimum Gasteiger partial charge on any atom is -0.329 e. The van der Waals surface area contributed by atoms with Crippen LogP contribution < -0.4 is 10.5 Å². The molecule has 0 aliphatic rings. The molecule has 4 nitrogen and oxygen atoms in total. The second kappa shape index (κ2) is 6.34. The zero-order chi connectivity index (χ0) is 13.3. The van der Waals surface area contributed by atoms with Crippen LogP contribution in [0.2, 0.25) is 0 Å². The van der Waals surface area contributed by atoms with Gasteiger partial charge in [0.15, 0.2) is 0 Å². The van der Waals surface area contributed by atoms with Crippen LogP contribution in [0.25, 0.3) is 0 Å². The molecular weight excluding hydrogens is 340 g/mol. The predicted octanol–water partition coefficient (Wildman–Crippen LogP) is 2.19. The maximum atomic E-state index is 12.1. The number of nitrogens with one attached hydrogen (secondary N) is 1. The Morgan fingerprint density at radius 2 is 1.89 bits per heavy atom. The molecule has 0 aromatic heterocycles. The summed E-state index contributed by atoms with van der Waals surface area (Å²) < 4.78 is 27.6. The van der Waals surface area contributed by atoms with Gasteiger partial charge in [-0.15, -0.1) is 12.4 Å². The highest BCUT2D eigenvalue weighted by atomic mass is 79.9. The first-order valence-corrected chi connectivity index (χ1v) is 7.45. The first-order valence-electron chi connectivity index (χ1n) is 5.17. The topological polar surface area (TPSA) is 72.2 Å². The highest BCUT2D eigenvalue weighted by molar-refractivity contribution is 9.10. The SMILES string of the molecule is Cc1cc(Br)cc(S(=O)(=O)NC(C)(C)CN)c1.Cl. The molecule has 0 atom stereocenters. The molecule has 0 bridgehead atoms. The number of sulfonamides is 1. The van der Waals surface area contributed by atoms with Crippen LogP contribution in [0.1, 0.15) is 19.4 Å². The molecule has 0 aliphatic heterocycles. The van der Waals surface area contributed by atoms with Crippen molar-refractivity contribution in [1.29, 1.82) is 0 Å². The minimum atomic E-state index is -3.54. The van der Waals surface area contributed by atoms with Gasteiger partial charge in [0.25, 0.3) is 0 Å². The Bertz CT molecular complexity index is 498. The lowest BCUT2D eigenvalue weighted by Crippen LogP contribution is -2.48. The summed E-state index contributed by atoms with van der Waals surface area (Å²) in [5.41, 5.74) is 5.74. The van der Waals surface area contributed by atoms with Crippen molar-refractivity contribution < 1.29 is 8.42 Å². The largest absolute Gasteiger partial charge is 0.329 e. The van der Waals surface area contributed by atoms with Crippen LogP contribution in [0.15, 0.2) is 27.6 Å². The molecule has 0 saturated carbocycles. The van der Waals surface area contributed by atoms with Gasteiger partial charge < -0.3 is 5.73 Å². The second-order valence-corrected chi connectivity index (χ2v) is 7.26. The van der Waals surface area contributed by atoms with Crippen molar-refractivity contribution in [2.45, 2.75) is 31.2 Å². The molecule has 0 aliphatic carbocycles. The number of hydrogen-bond acceptors (Lipinski definition) is 3. The summed E-state index contributed by atoms with van der Waals surface area (Å²) in [4.78, 5) is 0.242. The van der Waals surface area contributed by atoms with Crippen molar-refractivity contribution in [3.63, 3.8) is 0 Å². The van der Waals surface area contributed by atoms with Gasteiger partial charge in [0.2, 0.25) is 10.0 Å². The summed E-state index contributed by atoms with van der Waals surface area (Å²) >= 11 is 3.29. The summed E-state index contributed by atoms with van der Waals surface area (Å²) in [6, 6.07) is 5.05. The Morgan fingerprint density at radius 1 is 1.33 bits per heavy atom.